The summed E-state index contributed by atoms with van der Waals surface area (Å²) in [5, 5.41) is 0. The number of aldehydes is 1. The van der Waals surface area contributed by atoms with Gasteiger partial charge in [-0.1, -0.05) is 35.4 Å². The Morgan fingerprint density at radius 3 is 1.41 bits per heavy atom. The van der Waals surface area contributed by atoms with Crippen molar-refractivity contribution in [2.24, 2.45) is 9.98 Å². The van der Waals surface area contributed by atoms with Gasteiger partial charge in [-0.2, -0.15) is 0 Å². The summed E-state index contributed by atoms with van der Waals surface area (Å²) in [6, 6.07) is 8.63. The molecule has 0 spiro atoms. The summed E-state index contributed by atoms with van der Waals surface area (Å²) in [5.74, 6) is -0.517. The van der Waals surface area contributed by atoms with Crippen LogP contribution in [0.5, 0.6) is 0 Å². The fourth-order valence-electron chi connectivity index (χ4n) is 3.15. The van der Waals surface area contributed by atoms with E-state index in [0.717, 1.165) is 23.5 Å². The van der Waals surface area contributed by atoms with Crippen LogP contribution in [0.25, 0.3) is 0 Å². The second-order valence-corrected chi connectivity index (χ2v) is 7.07. The fourth-order valence-corrected chi connectivity index (χ4v) is 3.15. The third-order valence-electron chi connectivity index (χ3n) is 4.26. The molecular weight excluding hydrogens is 495 g/mol. The predicted octanol–water partition coefficient (Wildman–Crippen LogP) is 6.00. The van der Waals surface area contributed by atoms with E-state index in [2.05, 4.69) is 80.5 Å². The molecule has 0 saturated heterocycles. The summed E-state index contributed by atoms with van der Waals surface area (Å²) >= 11 is 0. The molecule has 0 unspecified atom stereocenters. The van der Waals surface area contributed by atoms with Crippen molar-refractivity contribution in [3.63, 3.8) is 0 Å². The number of methoxy groups -OCH3 is 1. The van der Waals surface area contributed by atoms with Gasteiger partial charge in [0.25, 0.3) is 0 Å². The number of aliphatic imine (C=N–C) groups is 2. The molecular formula is C26H33N2O3Pd-. The molecule has 0 N–H and O–H groups in total. The van der Waals surface area contributed by atoms with E-state index in [0.29, 0.717) is 6.29 Å². The predicted molar refractivity (Wildman–Crippen MR) is 131 cm³/mol. The van der Waals surface area contributed by atoms with Crippen molar-refractivity contribution in [3.05, 3.63) is 77.2 Å². The normalized spacial score (nSPS) is 10.3. The average molecular weight is 528 g/mol. The van der Waals surface area contributed by atoms with Crippen LogP contribution in [0, 0.1) is 49.0 Å². The van der Waals surface area contributed by atoms with Crippen LogP contribution in [-0.2, 0) is 34.7 Å². The minimum absolute atomic E-state index is 0. The van der Waals surface area contributed by atoms with Gasteiger partial charge in [-0.25, -0.2) is 4.79 Å². The zero-order valence-corrected chi connectivity index (χ0v) is 21.7. The Morgan fingerprint density at radius 2 is 1.12 bits per heavy atom. The van der Waals surface area contributed by atoms with E-state index in [1.54, 1.807) is 12.4 Å². The topological polar surface area (TPSA) is 68.1 Å². The Morgan fingerprint density at radius 1 is 0.781 bits per heavy atom. The molecule has 2 aromatic rings. The summed E-state index contributed by atoms with van der Waals surface area (Å²) < 4.78 is 4.17. The van der Waals surface area contributed by atoms with Crippen molar-refractivity contribution in [2.75, 3.05) is 7.11 Å². The third-order valence-corrected chi connectivity index (χ3v) is 4.26. The number of aryl methyl sites for hydroxylation is 6. The molecule has 0 amide bonds. The van der Waals surface area contributed by atoms with Gasteiger partial charge in [0.2, 0.25) is 0 Å². The summed E-state index contributed by atoms with van der Waals surface area (Å²) in [6.45, 7) is 12.6. The van der Waals surface area contributed by atoms with E-state index in [4.69, 9.17) is 0 Å². The second-order valence-electron chi connectivity index (χ2n) is 7.07. The molecule has 0 radical (unpaired) electrons. The maximum Gasteiger partial charge on any atom is 0.330 e. The van der Waals surface area contributed by atoms with Crippen molar-refractivity contribution in [1.82, 2.24) is 0 Å². The zero-order valence-electron chi connectivity index (χ0n) is 20.1. The van der Waals surface area contributed by atoms with Gasteiger partial charge in [-0.05, 0) is 69.9 Å². The maximum atomic E-state index is 10.1. The smallest absolute Gasteiger partial charge is 0.330 e. The number of allylic oxidation sites excluding steroid dienone is 1. The molecule has 0 aromatic heterocycles. The SMILES string of the molecule is COC(=O)/C=C\C=O.Cc1cc(C)c(N=CC=Nc2c(C)cc(C)cc2C)c(C)c1.[CH3-].[Pd]. The molecule has 0 atom stereocenters. The number of carbonyl (C=O) groups is 2. The van der Waals surface area contributed by atoms with Gasteiger partial charge < -0.3 is 12.2 Å². The molecule has 6 heteroatoms. The summed E-state index contributed by atoms with van der Waals surface area (Å²) in [7, 11) is 1.25. The van der Waals surface area contributed by atoms with E-state index in [-0.39, 0.29) is 27.8 Å². The molecule has 0 aliphatic rings. The standard InChI is InChI=1S/C20H24N2.C5H6O3.CH3.Pd/c1-13-9-15(3)19(16(4)10-13)21-7-8-22-20-17(5)11-14(2)12-18(20)6;1-8-5(7)3-2-4-6;;/h7-12H,1-6H3;2-4H,1H3;1H3;/q;;-1;/b;3-2-;;. The molecule has 0 aliphatic heterocycles. The number of hydrogen-bond acceptors (Lipinski definition) is 5. The number of carbonyl (C=O) groups excluding carboxylic acids is 2. The van der Waals surface area contributed by atoms with E-state index < -0.39 is 5.97 Å². The van der Waals surface area contributed by atoms with Crippen LogP contribution in [0.1, 0.15) is 33.4 Å². The van der Waals surface area contributed by atoms with Crippen LogP contribution in [0.15, 0.2) is 46.4 Å². The number of esters is 1. The van der Waals surface area contributed by atoms with E-state index >= 15 is 0 Å². The Labute approximate surface area is 206 Å². The van der Waals surface area contributed by atoms with E-state index in [1.807, 2.05) is 0 Å². The first kappa shape index (κ1) is 31.5. The van der Waals surface area contributed by atoms with Crippen LogP contribution >= 0.6 is 0 Å². The summed E-state index contributed by atoms with van der Waals surface area (Å²) in [5.41, 5.74) is 9.41. The van der Waals surface area contributed by atoms with Crippen LogP contribution in [0.3, 0.4) is 0 Å². The molecule has 0 fully saturated rings. The second kappa shape index (κ2) is 16.0. The molecule has 32 heavy (non-hydrogen) atoms. The first-order chi connectivity index (χ1) is 14.2. The molecule has 0 bridgehead atoms. The Bertz CT molecular complexity index is 881. The van der Waals surface area contributed by atoms with E-state index in [9.17, 15) is 9.59 Å². The van der Waals surface area contributed by atoms with Gasteiger partial charge in [-0.3, -0.25) is 14.8 Å². The van der Waals surface area contributed by atoms with Crippen LogP contribution in [0.2, 0.25) is 0 Å². The molecule has 5 nitrogen and oxygen atoms in total. The van der Waals surface area contributed by atoms with Crippen LogP contribution < -0.4 is 0 Å². The number of hydrogen-bond donors (Lipinski definition) is 0. The summed E-state index contributed by atoms with van der Waals surface area (Å²) in [4.78, 5) is 28.8. The third kappa shape index (κ3) is 10.6. The minimum Gasteiger partial charge on any atom is -0.466 e. The molecule has 176 valence electrons. The maximum absolute atomic E-state index is 10.1. The number of ether oxygens (including phenoxy) is 1. The van der Waals surface area contributed by atoms with Crippen molar-refractivity contribution in [1.29, 1.82) is 0 Å². The van der Waals surface area contributed by atoms with Gasteiger partial charge >= 0.3 is 5.97 Å². The zero-order chi connectivity index (χ0) is 22.7. The fraction of sp³-hybridized carbons (Fsp3) is 0.269. The molecule has 0 aliphatic carbocycles. The Kier molecular flexibility index (Phi) is 15.8. The van der Waals surface area contributed by atoms with Crippen molar-refractivity contribution in [2.45, 2.75) is 41.5 Å². The monoisotopic (exact) mass is 527 g/mol. The molecule has 0 saturated carbocycles. The molecule has 2 rings (SSSR count). The average Bonchev–Trinajstić information content (AvgIpc) is 2.66. The van der Waals surface area contributed by atoms with Crippen LogP contribution in [-0.4, -0.2) is 31.8 Å². The first-order valence-corrected chi connectivity index (χ1v) is 9.61. The number of benzene rings is 2. The van der Waals surface area contributed by atoms with Gasteiger partial charge in [0.15, 0.2) is 0 Å². The van der Waals surface area contributed by atoms with Gasteiger partial charge in [0.05, 0.1) is 18.5 Å². The number of rotatable bonds is 5. The first-order valence-electron chi connectivity index (χ1n) is 9.61. The van der Waals surface area contributed by atoms with Crippen molar-refractivity contribution in [3.8, 4) is 0 Å². The van der Waals surface area contributed by atoms with Crippen LogP contribution in [0.4, 0.5) is 11.4 Å². The Balaban J connectivity index is 0. The van der Waals surface area contributed by atoms with Crippen molar-refractivity contribution >= 4 is 36.1 Å². The quantitative estimate of drug-likeness (QED) is 0.119. The summed E-state index contributed by atoms with van der Waals surface area (Å²) in [6.07, 6.45) is 6.20. The number of nitrogens with zero attached hydrogens (tertiary/aromatic N) is 2. The van der Waals surface area contributed by atoms with Gasteiger partial charge in [0.1, 0.15) is 6.29 Å². The largest absolute Gasteiger partial charge is 0.466 e. The minimum atomic E-state index is -0.517. The van der Waals surface area contributed by atoms with Crippen molar-refractivity contribution < 1.29 is 34.7 Å². The molecule has 2 aromatic carbocycles. The Hall–Kier alpha value is -2.68. The van der Waals surface area contributed by atoms with Gasteiger partial charge in [0, 0.05) is 38.9 Å². The van der Waals surface area contributed by atoms with Gasteiger partial charge in [-0.15, -0.1) is 0 Å². The van der Waals surface area contributed by atoms with E-state index in [1.165, 1.54) is 40.5 Å². The molecule has 0 heterocycles.